The molecule has 2 aromatic rings. The van der Waals surface area contributed by atoms with Crippen LogP contribution in [0.15, 0.2) is 48.5 Å². The van der Waals surface area contributed by atoms with Crippen LogP contribution in [0.5, 0.6) is 0 Å². The molecule has 2 heteroatoms. The Kier molecular flexibility index (Phi) is 6.04. The lowest BCUT2D eigenvalue weighted by atomic mass is 9.77. The fourth-order valence-electron chi connectivity index (χ4n) is 4.09. The van der Waals surface area contributed by atoms with E-state index in [0.717, 1.165) is 47.9 Å². The summed E-state index contributed by atoms with van der Waals surface area (Å²) in [4.78, 5) is 13.2. The molecule has 1 aliphatic carbocycles. The zero-order valence-corrected chi connectivity index (χ0v) is 15.1. The van der Waals surface area contributed by atoms with Crippen LogP contribution in [-0.4, -0.2) is 10.9 Å². The van der Waals surface area contributed by atoms with Crippen molar-refractivity contribution in [2.45, 2.75) is 63.9 Å². The molecule has 0 aromatic heterocycles. The van der Waals surface area contributed by atoms with Gasteiger partial charge in [0.2, 0.25) is 0 Å². The second kappa shape index (κ2) is 8.44. The second-order valence-corrected chi connectivity index (χ2v) is 7.14. The van der Waals surface area contributed by atoms with Crippen LogP contribution in [0.1, 0.15) is 90.9 Å². The van der Waals surface area contributed by atoms with Crippen molar-refractivity contribution in [2.24, 2.45) is 0 Å². The van der Waals surface area contributed by atoms with Crippen molar-refractivity contribution < 1.29 is 9.90 Å². The number of rotatable bonds is 6. The third-order valence-corrected chi connectivity index (χ3v) is 5.35. The van der Waals surface area contributed by atoms with Crippen LogP contribution in [0.4, 0.5) is 0 Å². The van der Waals surface area contributed by atoms with Crippen LogP contribution < -0.4 is 0 Å². The van der Waals surface area contributed by atoms with Gasteiger partial charge < -0.3 is 5.11 Å². The van der Waals surface area contributed by atoms with E-state index in [4.69, 9.17) is 0 Å². The van der Waals surface area contributed by atoms with Gasteiger partial charge in [-0.2, -0.15) is 0 Å². The monoisotopic (exact) mass is 336 g/mol. The molecule has 0 aliphatic heterocycles. The highest BCUT2D eigenvalue weighted by atomic mass is 16.3. The van der Waals surface area contributed by atoms with Crippen LogP contribution in [-0.2, 0) is 0 Å². The second-order valence-electron chi connectivity index (χ2n) is 7.14. The van der Waals surface area contributed by atoms with Crippen LogP contribution >= 0.6 is 0 Å². The predicted molar refractivity (Wildman–Crippen MR) is 102 cm³/mol. The minimum atomic E-state index is -0.481. The maximum atomic E-state index is 13.2. The summed E-state index contributed by atoms with van der Waals surface area (Å²) in [5.74, 6) is 0.464. The van der Waals surface area contributed by atoms with Gasteiger partial charge in [-0.15, -0.1) is 0 Å². The number of hydrogen-bond acceptors (Lipinski definition) is 2. The molecule has 1 fully saturated rings. The van der Waals surface area contributed by atoms with Crippen LogP contribution in [0.2, 0.25) is 0 Å². The zero-order valence-electron chi connectivity index (χ0n) is 15.1. The smallest absolute Gasteiger partial charge is 0.193 e. The summed E-state index contributed by atoms with van der Waals surface area (Å²) in [6, 6.07) is 15.4. The Morgan fingerprint density at radius 2 is 1.76 bits per heavy atom. The molecule has 132 valence electrons. The van der Waals surface area contributed by atoms with Gasteiger partial charge in [-0.05, 0) is 36.3 Å². The van der Waals surface area contributed by atoms with E-state index in [0.29, 0.717) is 5.92 Å². The molecule has 0 spiro atoms. The summed E-state index contributed by atoms with van der Waals surface area (Å²) in [7, 11) is 0. The van der Waals surface area contributed by atoms with E-state index in [9.17, 15) is 9.90 Å². The summed E-state index contributed by atoms with van der Waals surface area (Å²) in [5.41, 5.74) is 3.58. The maximum absolute atomic E-state index is 13.2. The third-order valence-electron chi connectivity index (χ3n) is 5.35. The van der Waals surface area contributed by atoms with Gasteiger partial charge in [0.25, 0.3) is 0 Å². The number of hydrogen-bond donors (Lipinski definition) is 1. The molecule has 2 aromatic carbocycles. The predicted octanol–water partition coefficient (Wildman–Crippen LogP) is 5.80. The van der Waals surface area contributed by atoms with E-state index in [2.05, 4.69) is 6.92 Å². The number of ketones is 1. The van der Waals surface area contributed by atoms with E-state index in [-0.39, 0.29) is 5.78 Å². The van der Waals surface area contributed by atoms with Crippen molar-refractivity contribution in [1.82, 2.24) is 0 Å². The van der Waals surface area contributed by atoms with Crippen molar-refractivity contribution in [2.75, 3.05) is 0 Å². The lowest BCUT2D eigenvalue weighted by molar-refractivity contribution is 0.103. The van der Waals surface area contributed by atoms with Crippen LogP contribution in [0, 0.1) is 0 Å². The lowest BCUT2D eigenvalue weighted by Crippen LogP contribution is -2.16. The van der Waals surface area contributed by atoms with Gasteiger partial charge in [-0.25, -0.2) is 0 Å². The molecule has 0 heterocycles. The third kappa shape index (κ3) is 4.01. The van der Waals surface area contributed by atoms with Crippen LogP contribution in [0.25, 0.3) is 0 Å². The Morgan fingerprint density at radius 1 is 1.04 bits per heavy atom. The number of benzene rings is 2. The van der Waals surface area contributed by atoms with E-state index in [1.165, 1.54) is 19.3 Å². The number of carbonyl (C=O) groups is 1. The zero-order chi connectivity index (χ0) is 17.6. The molecule has 1 aliphatic rings. The quantitative estimate of drug-likeness (QED) is 0.677. The molecule has 0 bridgehead atoms. The SMILES string of the molecule is CCCC(O)c1cccc(C(=O)c2ccccc2)c1C1CCCCC1. The number of aliphatic hydroxyl groups is 1. The Hall–Kier alpha value is -1.93. The van der Waals surface area contributed by atoms with Gasteiger partial charge in [-0.1, -0.05) is 81.1 Å². The van der Waals surface area contributed by atoms with Crippen molar-refractivity contribution >= 4 is 5.78 Å². The highest BCUT2D eigenvalue weighted by Crippen LogP contribution is 2.39. The van der Waals surface area contributed by atoms with Crippen molar-refractivity contribution in [3.05, 3.63) is 70.8 Å². The molecule has 1 atom stereocenters. The summed E-state index contributed by atoms with van der Waals surface area (Å²) in [5, 5.41) is 10.7. The first-order chi connectivity index (χ1) is 12.2. The average Bonchev–Trinajstić information content (AvgIpc) is 2.68. The van der Waals surface area contributed by atoms with E-state index in [1.807, 2.05) is 48.5 Å². The highest BCUT2D eigenvalue weighted by Gasteiger charge is 2.26. The Morgan fingerprint density at radius 3 is 2.44 bits per heavy atom. The lowest BCUT2D eigenvalue weighted by Gasteiger charge is -2.28. The number of carbonyl (C=O) groups excluding carboxylic acids is 1. The Balaban J connectivity index is 2.07. The molecule has 1 saturated carbocycles. The largest absolute Gasteiger partial charge is 0.388 e. The first kappa shape index (κ1) is 17.9. The van der Waals surface area contributed by atoms with Gasteiger partial charge >= 0.3 is 0 Å². The van der Waals surface area contributed by atoms with Crippen molar-refractivity contribution in [1.29, 1.82) is 0 Å². The van der Waals surface area contributed by atoms with E-state index in [1.54, 1.807) is 0 Å². The normalized spacial score (nSPS) is 16.6. The molecular formula is C23H28O2. The fourth-order valence-corrected chi connectivity index (χ4v) is 4.09. The standard InChI is InChI=1S/C23H28O2/c1-2-10-21(24)19-15-9-16-20(22(19)17-11-5-3-6-12-17)23(25)18-13-7-4-8-14-18/h4,7-9,13-17,21,24H,2-3,5-6,10-12H2,1H3. The molecule has 0 saturated heterocycles. The molecule has 1 N–H and O–H groups in total. The molecule has 1 unspecified atom stereocenters. The molecule has 2 nitrogen and oxygen atoms in total. The molecule has 0 amide bonds. The average molecular weight is 336 g/mol. The van der Waals surface area contributed by atoms with Crippen molar-refractivity contribution in [3.63, 3.8) is 0 Å². The van der Waals surface area contributed by atoms with Gasteiger partial charge in [0.1, 0.15) is 0 Å². The molecule has 0 radical (unpaired) electrons. The van der Waals surface area contributed by atoms with Gasteiger partial charge in [0.15, 0.2) is 5.78 Å². The maximum Gasteiger partial charge on any atom is 0.193 e. The Labute approximate surface area is 150 Å². The van der Waals surface area contributed by atoms with E-state index >= 15 is 0 Å². The Bertz CT molecular complexity index is 699. The first-order valence-electron chi connectivity index (χ1n) is 9.63. The van der Waals surface area contributed by atoms with Crippen molar-refractivity contribution in [3.8, 4) is 0 Å². The molecule has 25 heavy (non-hydrogen) atoms. The highest BCUT2D eigenvalue weighted by molar-refractivity contribution is 6.10. The summed E-state index contributed by atoms with van der Waals surface area (Å²) in [6.45, 7) is 2.09. The van der Waals surface area contributed by atoms with Crippen LogP contribution in [0.3, 0.4) is 0 Å². The molecular weight excluding hydrogens is 308 g/mol. The first-order valence-corrected chi connectivity index (χ1v) is 9.63. The van der Waals surface area contributed by atoms with Gasteiger partial charge in [0.05, 0.1) is 6.10 Å². The van der Waals surface area contributed by atoms with Gasteiger partial charge in [-0.3, -0.25) is 4.79 Å². The minimum absolute atomic E-state index is 0.0757. The number of aliphatic hydroxyl groups excluding tert-OH is 1. The summed E-state index contributed by atoms with van der Waals surface area (Å²) >= 11 is 0. The van der Waals surface area contributed by atoms with Gasteiger partial charge in [0, 0.05) is 11.1 Å². The molecule has 3 rings (SSSR count). The summed E-state index contributed by atoms with van der Waals surface area (Å²) in [6.07, 6.45) is 7.12. The minimum Gasteiger partial charge on any atom is -0.388 e. The topological polar surface area (TPSA) is 37.3 Å². The van der Waals surface area contributed by atoms with E-state index < -0.39 is 6.10 Å². The fraction of sp³-hybridized carbons (Fsp3) is 0.435. The summed E-state index contributed by atoms with van der Waals surface area (Å²) < 4.78 is 0.